The van der Waals surface area contributed by atoms with Crippen LogP contribution in [-0.4, -0.2) is 22.0 Å². The van der Waals surface area contributed by atoms with Gasteiger partial charge in [-0.3, -0.25) is 4.79 Å². The van der Waals surface area contributed by atoms with Crippen LogP contribution < -0.4 is 11.1 Å². The van der Waals surface area contributed by atoms with E-state index in [1.807, 2.05) is 24.3 Å². The Bertz CT molecular complexity index is 613. The maximum atomic E-state index is 11.7. The van der Waals surface area contributed by atoms with Crippen molar-refractivity contribution in [3.63, 3.8) is 0 Å². The van der Waals surface area contributed by atoms with Gasteiger partial charge in [-0.2, -0.15) is 0 Å². The Labute approximate surface area is 115 Å². The predicted octanol–water partition coefficient (Wildman–Crippen LogP) is 0.778. The SMILES string of the molecule is NCC#Cc1cccc(CNC(=O)c2csnn2)c1. The third-order valence-corrected chi connectivity index (χ3v) is 2.81. The van der Waals surface area contributed by atoms with Crippen molar-refractivity contribution in [3.8, 4) is 11.8 Å². The first-order chi connectivity index (χ1) is 9.29. The summed E-state index contributed by atoms with van der Waals surface area (Å²) in [6.07, 6.45) is 0. The molecule has 0 unspecified atom stereocenters. The van der Waals surface area contributed by atoms with Gasteiger partial charge in [0.2, 0.25) is 0 Å². The van der Waals surface area contributed by atoms with Gasteiger partial charge in [0.05, 0.1) is 6.54 Å². The number of hydrogen-bond acceptors (Lipinski definition) is 5. The zero-order valence-electron chi connectivity index (χ0n) is 10.1. The lowest BCUT2D eigenvalue weighted by Crippen LogP contribution is -2.23. The molecule has 0 atom stereocenters. The van der Waals surface area contributed by atoms with Gasteiger partial charge in [-0.15, -0.1) is 5.10 Å². The average Bonchev–Trinajstić information content (AvgIpc) is 2.97. The van der Waals surface area contributed by atoms with Crippen molar-refractivity contribution in [1.82, 2.24) is 14.9 Å². The fourth-order valence-electron chi connectivity index (χ4n) is 1.45. The van der Waals surface area contributed by atoms with Crippen LogP contribution in [0.25, 0.3) is 0 Å². The number of aromatic nitrogens is 2. The first-order valence-electron chi connectivity index (χ1n) is 5.62. The van der Waals surface area contributed by atoms with E-state index in [1.54, 1.807) is 5.38 Å². The number of hydrogen-bond donors (Lipinski definition) is 2. The average molecular weight is 272 g/mol. The van der Waals surface area contributed by atoms with Crippen molar-refractivity contribution >= 4 is 17.4 Å². The molecule has 1 amide bonds. The summed E-state index contributed by atoms with van der Waals surface area (Å²) in [5.41, 5.74) is 7.52. The fraction of sp³-hybridized carbons (Fsp3) is 0.154. The van der Waals surface area contributed by atoms with Gasteiger partial charge in [0.1, 0.15) is 0 Å². The largest absolute Gasteiger partial charge is 0.347 e. The van der Waals surface area contributed by atoms with Gasteiger partial charge in [0, 0.05) is 17.5 Å². The molecule has 0 aliphatic carbocycles. The zero-order chi connectivity index (χ0) is 13.5. The van der Waals surface area contributed by atoms with Crippen LogP contribution in [0.2, 0.25) is 0 Å². The summed E-state index contributed by atoms with van der Waals surface area (Å²) in [7, 11) is 0. The maximum absolute atomic E-state index is 11.7. The second kappa shape index (κ2) is 6.64. The van der Waals surface area contributed by atoms with E-state index in [4.69, 9.17) is 5.73 Å². The predicted molar refractivity (Wildman–Crippen MR) is 73.5 cm³/mol. The molecule has 19 heavy (non-hydrogen) atoms. The molecule has 0 saturated heterocycles. The molecule has 6 heteroatoms. The quantitative estimate of drug-likeness (QED) is 0.809. The molecule has 5 nitrogen and oxygen atoms in total. The monoisotopic (exact) mass is 272 g/mol. The zero-order valence-corrected chi connectivity index (χ0v) is 10.9. The van der Waals surface area contributed by atoms with Crippen LogP contribution in [0.1, 0.15) is 21.6 Å². The van der Waals surface area contributed by atoms with Crippen LogP contribution in [0, 0.1) is 11.8 Å². The summed E-state index contributed by atoms with van der Waals surface area (Å²) in [5.74, 6) is 5.51. The van der Waals surface area contributed by atoms with Gasteiger partial charge in [-0.25, -0.2) is 0 Å². The second-order valence-electron chi connectivity index (χ2n) is 3.68. The molecular weight excluding hydrogens is 260 g/mol. The molecule has 1 aromatic carbocycles. The normalized spacial score (nSPS) is 9.53. The molecule has 2 rings (SSSR count). The minimum Gasteiger partial charge on any atom is -0.347 e. The van der Waals surface area contributed by atoms with Gasteiger partial charge in [-0.1, -0.05) is 28.5 Å². The number of nitrogens with one attached hydrogen (secondary N) is 1. The first kappa shape index (κ1) is 13.2. The molecule has 0 fully saturated rings. The summed E-state index contributed by atoms with van der Waals surface area (Å²) in [5, 5.41) is 8.09. The molecule has 0 spiro atoms. The van der Waals surface area contributed by atoms with E-state index in [0.717, 1.165) is 22.7 Å². The third kappa shape index (κ3) is 3.88. The van der Waals surface area contributed by atoms with Crippen molar-refractivity contribution < 1.29 is 4.79 Å². The summed E-state index contributed by atoms with van der Waals surface area (Å²) in [6.45, 7) is 0.756. The van der Waals surface area contributed by atoms with E-state index < -0.39 is 0 Å². The molecule has 0 radical (unpaired) electrons. The molecule has 0 aliphatic rings. The smallest absolute Gasteiger partial charge is 0.273 e. The Morgan fingerprint density at radius 3 is 3.11 bits per heavy atom. The van der Waals surface area contributed by atoms with E-state index >= 15 is 0 Å². The Morgan fingerprint density at radius 2 is 2.37 bits per heavy atom. The summed E-state index contributed by atoms with van der Waals surface area (Å²) in [4.78, 5) is 11.7. The van der Waals surface area contributed by atoms with Crippen LogP contribution in [0.5, 0.6) is 0 Å². The van der Waals surface area contributed by atoms with Gasteiger partial charge >= 0.3 is 0 Å². The number of carbonyl (C=O) groups is 1. The minimum absolute atomic E-state index is 0.229. The van der Waals surface area contributed by atoms with Gasteiger partial charge in [0.25, 0.3) is 5.91 Å². The highest BCUT2D eigenvalue weighted by Gasteiger charge is 2.07. The fourth-order valence-corrected chi connectivity index (χ4v) is 1.88. The van der Waals surface area contributed by atoms with E-state index in [-0.39, 0.29) is 5.91 Å². The topological polar surface area (TPSA) is 80.9 Å². The van der Waals surface area contributed by atoms with E-state index in [9.17, 15) is 4.79 Å². The highest BCUT2D eigenvalue weighted by Crippen LogP contribution is 2.04. The lowest BCUT2D eigenvalue weighted by molar-refractivity contribution is 0.0946. The molecule has 1 aromatic heterocycles. The number of nitrogens with two attached hydrogens (primary N) is 1. The molecular formula is C13H12N4OS. The highest BCUT2D eigenvalue weighted by atomic mass is 32.1. The lowest BCUT2D eigenvalue weighted by atomic mass is 10.1. The van der Waals surface area contributed by atoms with Crippen molar-refractivity contribution in [2.24, 2.45) is 5.73 Å². The Balaban J connectivity index is 1.98. The minimum atomic E-state index is -0.229. The highest BCUT2D eigenvalue weighted by molar-refractivity contribution is 7.03. The Morgan fingerprint density at radius 1 is 1.47 bits per heavy atom. The molecule has 0 aliphatic heterocycles. The van der Waals surface area contributed by atoms with Crippen molar-refractivity contribution in [2.75, 3.05) is 6.54 Å². The number of nitrogens with zero attached hydrogens (tertiary/aromatic N) is 2. The van der Waals surface area contributed by atoms with Crippen molar-refractivity contribution in [1.29, 1.82) is 0 Å². The maximum Gasteiger partial charge on any atom is 0.273 e. The van der Waals surface area contributed by atoms with Crippen LogP contribution in [0.15, 0.2) is 29.6 Å². The van der Waals surface area contributed by atoms with Crippen LogP contribution in [-0.2, 0) is 6.54 Å². The van der Waals surface area contributed by atoms with Gasteiger partial charge in [-0.05, 0) is 29.2 Å². The van der Waals surface area contributed by atoms with Crippen molar-refractivity contribution in [2.45, 2.75) is 6.54 Å². The number of carbonyl (C=O) groups excluding carboxylic acids is 1. The summed E-state index contributed by atoms with van der Waals surface area (Å²) >= 11 is 1.15. The Kier molecular flexibility index (Phi) is 4.61. The van der Waals surface area contributed by atoms with E-state index in [0.29, 0.717) is 18.8 Å². The second-order valence-corrected chi connectivity index (χ2v) is 4.29. The van der Waals surface area contributed by atoms with E-state index in [1.165, 1.54) is 0 Å². The molecule has 2 aromatic rings. The van der Waals surface area contributed by atoms with E-state index in [2.05, 4.69) is 26.7 Å². The number of amides is 1. The molecule has 0 saturated carbocycles. The number of rotatable bonds is 3. The third-order valence-electron chi connectivity index (χ3n) is 2.31. The first-order valence-corrected chi connectivity index (χ1v) is 6.46. The standard InChI is InChI=1S/C13H12N4OS/c14-6-2-5-10-3-1-4-11(7-10)8-15-13(18)12-9-19-17-16-12/h1,3-4,7,9H,6,8,14H2,(H,15,18). The van der Waals surface area contributed by atoms with Gasteiger partial charge < -0.3 is 11.1 Å². The molecule has 3 N–H and O–H groups in total. The Hall–Kier alpha value is -2.23. The lowest BCUT2D eigenvalue weighted by Gasteiger charge is -2.03. The van der Waals surface area contributed by atoms with Gasteiger partial charge in [0.15, 0.2) is 5.69 Å². The molecule has 0 bridgehead atoms. The van der Waals surface area contributed by atoms with Crippen molar-refractivity contribution in [3.05, 3.63) is 46.5 Å². The molecule has 96 valence electrons. The number of benzene rings is 1. The molecule has 1 heterocycles. The van der Waals surface area contributed by atoms with Crippen LogP contribution in [0.3, 0.4) is 0 Å². The van der Waals surface area contributed by atoms with Crippen LogP contribution in [0.4, 0.5) is 0 Å². The van der Waals surface area contributed by atoms with Crippen LogP contribution >= 0.6 is 11.5 Å². The summed E-state index contributed by atoms with van der Waals surface area (Å²) in [6, 6.07) is 7.64. The summed E-state index contributed by atoms with van der Waals surface area (Å²) < 4.78 is 3.65.